The Morgan fingerprint density at radius 2 is 2.00 bits per heavy atom. The molecule has 1 rings (SSSR count). The molecule has 1 fully saturated rings. The topological polar surface area (TPSA) is 153 Å². The van der Waals surface area contributed by atoms with Crippen LogP contribution in [0.4, 0.5) is 0 Å². The first-order valence-electron chi connectivity index (χ1n) is 7.55. The second kappa shape index (κ2) is 7.91. The van der Waals surface area contributed by atoms with Gasteiger partial charge in [0, 0.05) is 25.2 Å². The number of carboxylic acid groups (broad SMARTS) is 1. The zero-order valence-corrected chi connectivity index (χ0v) is 14.3. The van der Waals surface area contributed by atoms with E-state index in [1.54, 1.807) is 13.8 Å². The summed E-state index contributed by atoms with van der Waals surface area (Å²) in [5.41, 5.74) is 5.04. The van der Waals surface area contributed by atoms with Crippen LogP contribution < -0.4 is 10.5 Å². The predicted molar refractivity (Wildman–Crippen MR) is 85.6 cm³/mol. The molecule has 1 heterocycles. The van der Waals surface area contributed by atoms with Crippen molar-refractivity contribution in [3.05, 3.63) is 0 Å². The molecule has 0 aliphatic carbocycles. The van der Waals surface area contributed by atoms with E-state index >= 15 is 0 Å². The molecular formula is C12H26BN3O6S. The number of nitrogens with one attached hydrogen (secondary N) is 1. The van der Waals surface area contributed by atoms with E-state index in [9.17, 15) is 18.3 Å². The molecule has 1 aliphatic rings. The molecular weight excluding hydrogens is 325 g/mol. The predicted octanol–water partition coefficient (Wildman–Crippen LogP) is -1.56. The molecule has 0 aromatic carbocycles. The highest BCUT2D eigenvalue weighted by molar-refractivity contribution is 7.87. The SMILES string of the molecule is CC(C)(N)CNS(=O)(=O)N1CC(CCCB(O)O)C(C(=O)O)C1. The van der Waals surface area contributed by atoms with Crippen LogP contribution >= 0.6 is 0 Å². The smallest absolute Gasteiger partial charge is 0.451 e. The molecule has 23 heavy (non-hydrogen) atoms. The van der Waals surface area contributed by atoms with Gasteiger partial charge in [-0.05, 0) is 32.5 Å². The van der Waals surface area contributed by atoms with Gasteiger partial charge in [-0.25, -0.2) is 4.72 Å². The maximum absolute atomic E-state index is 12.3. The number of nitrogens with two attached hydrogens (primary N) is 1. The van der Waals surface area contributed by atoms with Gasteiger partial charge in [0.1, 0.15) is 0 Å². The molecule has 0 aromatic rings. The van der Waals surface area contributed by atoms with Gasteiger partial charge in [0.15, 0.2) is 0 Å². The van der Waals surface area contributed by atoms with E-state index in [1.807, 2.05) is 0 Å². The lowest BCUT2D eigenvalue weighted by molar-refractivity contribution is -0.142. The maximum Gasteiger partial charge on any atom is 0.451 e. The number of hydrogen-bond donors (Lipinski definition) is 5. The molecule has 2 unspecified atom stereocenters. The largest absolute Gasteiger partial charge is 0.481 e. The van der Waals surface area contributed by atoms with Crippen LogP contribution in [0.3, 0.4) is 0 Å². The molecule has 0 bridgehead atoms. The standard InChI is InChI=1S/C12H26BN3O6S/c1-12(2,14)8-15-23(21,22)16-6-9(4-3-5-13(19)20)10(7-16)11(17)18/h9-10,15,19-20H,3-8,14H2,1-2H3,(H,17,18). The van der Waals surface area contributed by atoms with Gasteiger partial charge in [0.25, 0.3) is 10.2 Å². The van der Waals surface area contributed by atoms with Crippen LogP contribution in [0.15, 0.2) is 0 Å². The van der Waals surface area contributed by atoms with Gasteiger partial charge in [0.05, 0.1) is 5.92 Å². The van der Waals surface area contributed by atoms with E-state index < -0.39 is 34.8 Å². The quantitative estimate of drug-likeness (QED) is 0.315. The summed E-state index contributed by atoms with van der Waals surface area (Å²) in [6.07, 6.45) is 0.974. The van der Waals surface area contributed by atoms with Crippen LogP contribution in [0.1, 0.15) is 26.7 Å². The minimum atomic E-state index is -3.79. The van der Waals surface area contributed by atoms with Crippen molar-refractivity contribution >= 4 is 23.3 Å². The zero-order valence-electron chi connectivity index (χ0n) is 13.5. The van der Waals surface area contributed by atoms with E-state index in [1.165, 1.54) is 0 Å². The van der Waals surface area contributed by atoms with E-state index in [2.05, 4.69) is 4.72 Å². The van der Waals surface area contributed by atoms with Gasteiger partial charge in [0.2, 0.25) is 0 Å². The number of hydrogen-bond acceptors (Lipinski definition) is 6. The molecule has 1 aliphatic heterocycles. The third-order valence-corrected chi connectivity index (χ3v) is 5.30. The molecule has 9 nitrogen and oxygen atoms in total. The molecule has 0 aromatic heterocycles. The van der Waals surface area contributed by atoms with Crippen molar-refractivity contribution < 1.29 is 28.4 Å². The zero-order chi connectivity index (χ0) is 17.8. The van der Waals surface area contributed by atoms with Crippen molar-refractivity contribution in [2.75, 3.05) is 19.6 Å². The van der Waals surface area contributed by atoms with Crippen molar-refractivity contribution in [2.24, 2.45) is 17.6 Å². The Balaban J connectivity index is 2.69. The lowest BCUT2D eigenvalue weighted by Gasteiger charge is -2.22. The Morgan fingerprint density at radius 3 is 2.48 bits per heavy atom. The average molecular weight is 351 g/mol. The second-order valence-electron chi connectivity index (χ2n) is 6.75. The van der Waals surface area contributed by atoms with Crippen LogP contribution in [0.2, 0.25) is 6.32 Å². The van der Waals surface area contributed by atoms with Gasteiger partial charge in [-0.3, -0.25) is 4.79 Å². The fraction of sp³-hybridized carbons (Fsp3) is 0.917. The summed E-state index contributed by atoms with van der Waals surface area (Å²) in [5.74, 6) is -2.20. The lowest BCUT2D eigenvalue weighted by Crippen LogP contribution is -2.49. The van der Waals surface area contributed by atoms with E-state index in [0.29, 0.717) is 12.8 Å². The van der Waals surface area contributed by atoms with E-state index in [4.69, 9.17) is 15.8 Å². The number of carbonyl (C=O) groups is 1. The number of nitrogens with zero attached hydrogens (tertiary/aromatic N) is 1. The monoisotopic (exact) mass is 351 g/mol. The van der Waals surface area contributed by atoms with Gasteiger partial charge < -0.3 is 20.9 Å². The van der Waals surface area contributed by atoms with Crippen LogP contribution in [0, 0.1) is 11.8 Å². The molecule has 0 amide bonds. The Kier molecular flexibility index (Phi) is 6.99. The van der Waals surface area contributed by atoms with Crippen molar-refractivity contribution in [3.63, 3.8) is 0 Å². The Bertz CT molecular complexity index is 507. The highest BCUT2D eigenvalue weighted by Crippen LogP contribution is 2.29. The van der Waals surface area contributed by atoms with Crippen LogP contribution in [0.25, 0.3) is 0 Å². The average Bonchev–Trinajstić information content (AvgIpc) is 2.80. The second-order valence-corrected chi connectivity index (χ2v) is 8.50. The van der Waals surface area contributed by atoms with Crippen LogP contribution in [-0.2, 0) is 15.0 Å². The Hall–Kier alpha value is -0.715. The molecule has 2 atom stereocenters. The third-order valence-electron chi connectivity index (χ3n) is 3.81. The van der Waals surface area contributed by atoms with E-state index in [-0.39, 0.29) is 31.9 Å². The molecule has 0 saturated carbocycles. The minimum absolute atomic E-state index is 0.0466. The highest BCUT2D eigenvalue weighted by atomic mass is 32.2. The summed E-state index contributed by atoms with van der Waals surface area (Å²) in [7, 11) is -5.23. The molecule has 0 radical (unpaired) electrons. The fourth-order valence-electron chi connectivity index (χ4n) is 2.53. The number of aliphatic carboxylic acids is 1. The van der Waals surface area contributed by atoms with Gasteiger partial charge >= 0.3 is 13.1 Å². The van der Waals surface area contributed by atoms with Gasteiger partial charge in [-0.15, -0.1) is 0 Å². The van der Waals surface area contributed by atoms with Gasteiger partial charge in [-0.2, -0.15) is 12.7 Å². The first-order chi connectivity index (χ1) is 10.4. The molecule has 134 valence electrons. The first kappa shape index (κ1) is 20.3. The molecule has 11 heteroatoms. The Morgan fingerprint density at radius 1 is 1.39 bits per heavy atom. The summed E-state index contributed by atoms with van der Waals surface area (Å²) < 4.78 is 28.0. The maximum atomic E-state index is 12.3. The first-order valence-corrected chi connectivity index (χ1v) is 8.99. The number of carboxylic acids is 1. The summed E-state index contributed by atoms with van der Waals surface area (Å²) in [6, 6.07) is 0. The minimum Gasteiger partial charge on any atom is -0.481 e. The van der Waals surface area contributed by atoms with Crippen molar-refractivity contribution in [1.29, 1.82) is 0 Å². The normalized spacial score (nSPS) is 23.2. The van der Waals surface area contributed by atoms with Crippen LogP contribution in [-0.4, -0.2) is 66.1 Å². The third kappa shape index (κ3) is 6.73. The summed E-state index contributed by atoms with van der Waals surface area (Å²) in [5, 5.41) is 27.0. The summed E-state index contributed by atoms with van der Waals surface area (Å²) in [6.45, 7) is 3.41. The van der Waals surface area contributed by atoms with E-state index in [0.717, 1.165) is 4.31 Å². The van der Waals surface area contributed by atoms with Crippen LogP contribution in [0.5, 0.6) is 0 Å². The van der Waals surface area contributed by atoms with Gasteiger partial charge in [-0.1, -0.05) is 6.42 Å². The number of rotatable bonds is 9. The van der Waals surface area contributed by atoms with Crippen molar-refractivity contribution in [2.45, 2.75) is 38.5 Å². The summed E-state index contributed by atoms with van der Waals surface area (Å²) >= 11 is 0. The molecule has 6 N–H and O–H groups in total. The Labute approximate surface area is 137 Å². The van der Waals surface area contributed by atoms with Crippen molar-refractivity contribution in [3.8, 4) is 0 Å². The highest BCUT2D eigenvalue weighted by Gasteiger charge is 2.42. The molecule has 1 saturated heterocycles. The fourth-order valence-corrected chi connectivity index (χ4v) is 4.01. The summed E-state index contributed by atoms with van der Waals surface area (Å²) in [4.78, 5) is 11.3. The van der Waals surface area contributed by atoms with Crippen molar-refractivity contribution in [1.82, 2.24) is 9.03 Å². The molecule has 0 spiro atoms. The lowest BCUT2D eigenvalue weighted by atomic mass is 9.80.